The normalized spacial score (nSPS) is 12.6. The van der Waals surface area contributed by atoms with Gasteiger partial charge in [-0.15, -0.1) is 0 Å². The molecule has 6 nitrogen and oxygen atoms in total. The van der Waals surface area contributed by atoms with Gasteiger partial charge in [0.05, 0.1) is 11.0 Å². The van der Waals surface area contributed by atoms with Crippen molar-refractivity contribution in [3.8, 4) is 28.5 Å². The van der Waals surface area contributed by atoms with E-state index in [1.165, 1.54) is 11.1 Å². The Kier molecular flexibility index (Phi) is 5.95. The molecule has 3 heterocycles. The van der Waals surface area contributed by atoms with Crippen molar-refractivity contribution < 1.29 is 4.42 Å². The summed E-state index contributed by atoms with van der Waals surface area (Å²) in [5.41, 5.74) is 7.20. The van der Waals surface area contributed by atoms with Crippen LogP contribution in [-0.2, 0) is 13.0 Å². The average Bonchev–Trinajstić information content (AvgIpc) is 3.39. The van der Waals surface area contributed by atoms with Crippen molar-refractivity contribution in [1.82, 2.24) is 9.97 Å². The van der Waals surface area contributed by atoms with Gasteiger partial charge < -0.3 is 14.6 Å². The lowest BCUT2D eigenvalue weighted by Gasteiger charge is -2.30. The minimum atomic E-state index is 0.350. The first-order valence-corrected chi connectivity index (χ1v) is 13.3. The summed E-state index contributed by atoms with van der Waals surface area (Å²) < 4.78 is 6.47. The maximum Gasteiger partial charge on any atom is 0.217 e. The number of fused-ring (bicyclic) bond motifs is 2. The highest BCUT2D eigenvalue weighted by Gasteiger charge is 2.26. The van der Waals surface area contributed by atoms with Crippen molar-refractivity contribution in [2.75, 3.05) is 16.8 Å². The van der Waals surface area contributed by atoms with Gasteiger partial charge >= 0.3 is 0 Å². The van der Waals surface area contributed by atoms with Crippen LogP contribution in [-0.4, -0.2) is 16.5 Å². The SMILES string of the molecule is N#Cc1c(Nc2nc3ccccc3nc2N2CCc3ccccc3C2)oc(-c2ccccc2)c1-c1ccccc1. The molecule has 2 aromatic heterocycles. The second kappa shape index (κ2) is 10.0. The third-order valence-corrected chi connectivity index (χ3v) is 7.33. The van der Waals surface area contributed by atoms with Crippen LogP contribution in [0.3, 0.4) is 0 Å². The molecule has 6 heteroatoms. The average molecular weight is 520 g/mol. The molecule has 0 unspecified atom stereocenters. The maximum atomic E-state index is 10.4. The van der Waals surface area contributed by atoms with Gasteiger partial charge in [0.1, 0.15) is 17.4 Å². The number of furan rings is 1. The first kappa shape index (κ1) is 23.7. The van der Waals surface area contributed by atoms with E-state index in [-0.39, 0.29) is 0 Å². The zero-order chi connectivity index (χ0) is 26.9. The van der Waals surface area contributed by atoms with E-state index in [1.54, 1.807) is 0 Å². The number of nitriles is 1. The number of nitrogens with one attached hydrogen (secondary N) is 1. The number of anilines is 3. The lowest BCUT2D eigenvalue weighted by molar-refractivity contribution is 0.599. The number of rotatable bonds is 5. The summed E-state index contributed by atoms with van der Waals surface area (Å²) in [7, 11) is 0. The molecule has 0 atom stereocenters. The summed E-state index contributed by atoms with van der Waals surface area (Å²) in [6, 6.07) is 38.5. The van der Waals surface area contributed by atoms with Gasteiger partial charge in [0, 0.05) is 24.2 Å². The van der Waals surface area contributed by atoms with Crippen LogP contribution in [0.5, 0.6) is 0 Å². The highest BCUT2D eigenvalue weighted by molar-refractivity contribution is 5.90. The van der Waals surface area contributed by atoms with Crippen molar-refractivity contribution in [3.63, 3.8) is 0 Å². The molecular weight excluding hydrogens is 494 g/mol. The summed E-state index contributed by atoms with van der Waals surface area (Å²) in [5.74, 6) is 2.27. The molecule has 0 bridgehead atoms. The third kappa shape index (κ3) is 4.24. The Morgan fingerprint density at radius 1 is 0.725 bits per heavy atom. The molecule has 0 spiro atoms. The summed E-state index contributed by atoms with van der Waals surface area (Å²) in [6.07, 6.45) is 0.921. The van der Waals surface area contributed by atoms with Crippen molar-refractivity contribution in [2.24, 2.45) is 0 Å². The molecule has 0 aliphatic carbocycles. The zero-order valence-electron chi connectivity index (χ0n) is 21.7. The molecule has 7 rings (SSSR count). The Morgan fingerprint density at radius 3 is 2.08 bits per heavy atom. The van der Waals surface area contributed by atoms with Gasteiger partial charge in [0.25, 0.3) is 0 Å². The topological polar surface area (TPSA) is 78.0 Å². The predicted molar refractivity (Wildman–Crippen MR) is 158 cm³/mol. The van der Waals surface area contributed by atoms with Gasteiger partial charge in [-0.05, 0) is 35.2 Å². The molecule has 0 saturated heterocycles. The van der Waals surface area contributed by atoms with Crippen molar-refractivity contribution in [2.45, 2.75) is 13.0 Å². The van der Waals surface area contributed by atoms with E-state index in [4.69, 9.17) is 14.4 Å². The van der Waals surface area contributed by atoms with Gasteiger partial charge in [-0.2, -0.15) is 5.26 Å². The van der Waals surface area contributed by atoms with Crippen LogP contribution in [0.15, 0.2) is 114 Å². The van der Waals surface area contributed by atoms with E-state index in [2.05, 4.69) is 40.6 Å². The zero-order valence-corrected chi connectivity index (χ0v) is 21.7. The van der Waals surface area contributed by atoms with Crippen LogP contribution in [0.1, 0.15) is 16.7 Å². The second-order valence-corrected chi connectivity index (χ2v) is 9.80. The molecular formula is C34H25N5O. The largest absolute Gasteiger partial charge is 0.438 e. The van der Waals surface area contributed by atoms with E-state index in [0.29, 0.717) is 23.0 Å². The fourth-order valence-electron chi connectivity index (χ4n) is 5.38. The summed E-state index contributed by atoms with van der Waals surface area (Å²) in [4.78, 5) is 12.3. The van der Waals surface area contributed by atoms with Gasteiger partial charge in [-0.1, -0.05) is 97.1 Å². The fraction of sp³-hybridized carbons (Fsp3) is 0.0882. The summed E-state index contributed by atoms with van der Waals surface area (Å²) >= 11 is 0. The number of nitrogens with zero attached hydrogens (tertiary/aromatic N) is 4. The van der Waals surface area contributed by atoms with Gasteiger partial charge in [0.15, 0.2) is 11.6 Å². The molecule has 6 aromatic rings. The van der Waals surface area contributed by atoms with Gasteiger partial charge in [-0.25, -0.2) is 9.97 Å². The number of hydrogen-bond donors (Lipinski definition) is 1. The maximum absolute atomic E-state index is 10.4. The van der Waals surface area contributed by atoms with Crippen molar-refractivity contribution >= 4 is 28.6 Å². The van der Waals surface area contributed by atoms with Crippen LogP contribution in [0.4, 0.5) is 17.5 Å². The number of benzene rings is 4. The predicted octanol–water partition coefficient (Wildman–Crippen LogP) is 7.73. The number of aromatic nitrogens is 2. The van der Waals surface area contributed by atoms with Crippen molar-refractivity contribution in [1.29, 1.82) is 5.26 Å². The molecule has 192 valence electrons. The van der Waals surface area contributed by atoms with Crippen molar-refractivity contribution in [3.05, 3.63) is 126 Å². The Bertz CT molecular complexity index is 1870. The van der Waals surface area contributed by atoms with E-state index in [1.807, 2.05) is 84.9 Å². The van der Waals surface area contributed by atoms with E-state index >= 15 is 0 Å². The van der Waals surface area contributed by atoms with E-state index in [9.17, 15) is 5.26 Å². The highest BCUT2D eigenvalue weighted by atomic mass is 16.4. The third-order valence-electron chi connectivity index (χ3n) is 7.33. The quantitative estimate of drug-likeness (QED) is 0.251. The van der Waals surface area contributed by atoms with Crippen LogP contribution in [0.2, 0.25) is 0 Å². The Morgan fingerprint density at radius 2 is 1.35 bits per heavy atom. The molecule has 4 aromatic carbocycles. The Labute approximate surface area is 232 Å². The van der Waals surface area contributed by atoms with Gasteiger partial charge in [-0.3, -0.25) is 0 Å². The van der Waals surface area contributed by atoms with Gasteiger partial charge in [0.2, 0.25) is 5.88 Å². The summed E-state index contributed by atoms with van der Waals surface area (Å²) in [5, 5.41) is 13.8. The minimum Gasteiger partial charge on any atom is -0.438 e. The second-order valence-electron chi connectivity index (χ2n) is 9.80. The van der Waals surface area contributed by atoms with Crippen LogP contribution in [0, 0.1) is 11.3 Å². The molecule has 0 saturated carbocycles. The standard InChI is InChI=1S/C34H25N5O/c35-21-27-30(24-12-3-1-4-13-24)31(25-14-5-2-6-15-25)40-34(27)38-32-33(37-29-18-10-9-17-28(29)36-32)39-20-19-23-11-7-8-16-26(23)22-39/h1-18H,19-20,22H2,(H,36,38). The molecule has 1 aliphatic heterocycles. The van der Waals surface area contributed by atoms with Crippen LogP contribution >= 0.6 is 0 Å². The molecule has 40 heavy (non-hydrogen) atoms. The molecule has 0 fully saturated rings. The lowest BCUT2D eigenvalue weighted by Crippen LogP contribution is -2.31. The fourth-order valence-corrected chi connectivity index (χ4v) is 5.38. The molecule has 0 radical (unpaired) electrons. The number of hydrogen-bond acceptors (Lipinski definition) is 6. The Hall–Kier alpha value is -5.41. The molecule has 0 amide bonds. The van der Waals surface area contributed by atoms with E-state index in [0.717, 1.165) is 53.1 Å². The Balaban J connectivity index is 1.38. The van der Waals surface area contributed by atoms with Crippen LogP contribution < -0.4 is 10.2 Å². The first-order chi connectivity index (χ1) is 19.8. The summed E-state index contributed by atoms with van der Waals surface area (Å²) in [6.45, 7) is 1.54. The smallest absolute Gasteiger partial charge is 0.217 e. The molecule has 1 N–H and O–H groups in total. The number of para-hydroxylation sites is 2. The molecule has 1 aliphatic rings. The van der Waals surface area contributed by atoms with E-state index < -0.39 is 0 Å². The lowest BCUT2D eigenvalue weighted by atomic mass is 9.98. The first-order valence-electron chi connectivity index (χ1n) is 13.3. The van der Waals surface area contributed by atoms with Crippen LogP contribution in [0.25, 0.3) is 33.5 Å². The minimum absolute atomic E-state index is 0.350. The highest BCUT2D eigenvalue weighted by Crippen LogP contribution is 2.43. The monoisotopic (exact) mass is 519 g/mol.